The molecule has 0 radical (unpaired) electrons. The fourth-order valence-corrected chi connectivity index (χ4v) is 2.84. The van der Waals surface area contributed by atoms with Crippen molar-refractivity contribution in [1.29, 1.82) is 5.26 Å². The van der Waals surface area contributed by atoms with Crippen molar-refractivity contribution in [2.75, 3.05) is 14.2 Å². The maximum atomic E-state index is 12.7. The van der Waals surface area contributed by atoms with Gasteiger partial charge < -0.3 is 9.64 Å². The van der Waals surface area contributed by atoms with Gasteiger partial charge in [0.25, 0.3) is 5.91 Å². The number of rotatable bonds is 4. The predicted octanol–water partition coefficient (Wildman–Crippen LogP) is 3.62. The zero-order valence-electron chi connectivity index (χ0n) is 14.3. The maximum Gasteiger partial charge on any atom is 0.251 e. The third-order valence-electron chi connectivity index (χ3n) is 4.67. The average molecular weight is 320 g/mol. The lowest BCUT2D eigenvalue weighted by Crippen LogP contribution is -2.39. The van der Waals surface area contributed by atoms with Gasteiger partial charge in [-0.05, 0) is 60.0 Å². The molecule has 0 N–H and O–H groups in total. The minimum absolute atomic E-state index is 0.0574. The van der Waals surface area contributed by atoms with Gasteiger partial charge in [-0.25, -0.2) is 0 Å². The first-order valence-corrected chi connectivity index (χ1v) is 7.93. The fraction of sp³-hybridized carbons (Fsp3) is 0.300. The number of ether oxygens (including phenoxy) is 1. The molecule has 1 aliphatic rings. The molecule has 0 unspecified atom stereocenters. The predicted molar refractivity (Wildman–Crippen MR) is 94.4 cm³/mol. The lowest BCUT2D eigenvalue weighted by Gasteiger charge is -2.24. The smallest absolute Gasteiger partial charge is 0.251 e. The number of hydrogen-bond donors (Lipinski definition) is 0. The van der Waals surface area contributed by atoms with Crippen molar-refractivity contribution >= 4 is 22.3 Å². The Hall–Kier alpha value is -2.80. The van der Waals surface area contributed by atoms with E-state index in [1.165, 1.54) is 0 Å². The zero-order valence-corrected chi connectivity index (χ0v) is 14.3. The van der Waals surface area contributed by atoms with Crippen molar-refractivity contribution in [3.63, 3.8) is 0 Å². The molecule has 0 fully saturated rings. The summed E-state index contributed by atoms with van der Waals surface area (Å²) in [4.78, 5) is 14.3. The van der Waals surface area contributed by atoms with Gasteiger partial charge in [0.15, 0.2) is 5.41 Å². The minimum atomic E-state index is -1.11. The van der Waals surface area contributed by atoms with Crippen molar-refractivity contribution in [1.82, 2.24) is 4.90 Å². The molecule has 0 aromatic heterocycles. The zero-order chi connectivity index (χ0) is 17.5. The van der Waals surface area contributed by atoms with Crippen molar-refractivity contribution in [2.45, 2.75) is 19.9 Å². The molecule has 0 heterocycles. The van der Waals surface area contributed by atoms with E-state index < -0.39 is 5.41 Å². The van der Waals surface area contributed by atoms with Crippen molar-refractivity contribution in [3.05, 3.63) is 48.0 Å². The van der Waals surface area contributed by atoms with E-state index in [2.05, 4.69) is 6.07 Å². The van der Waals surface area contributed by atoms with E-state index in [0.717, 1.165) is 27.7 Å². The van der Waals surface area contributed by atoms with Gasteiger partial charge in [0, 0.05) is 13.1 Å². The molecule has 0 spiro atoms. The van der Waals surface area contributed by atoms with Crippen LogP contribution in [0.3, 0.4) is 0 Å². The van der Waals surface area contributed by atoms with Crippen LogP contribution < -0.4 is 4.74 Å². The van der Waals surface area contributed by atoms with E-state index in [4.69, 9.17) is 4.74 Å². The SMILES string of the molecule is COc1ccc2cc(C3=C[C@@]3(C#N)C(=O)N(C)C(C)C)ccc2c1. The first-order chi connectivity index (χ1) is 11.4. The molecule has 3 rings (SSSR count). The standard InChI is InChI=1S/C20H20N2O2/c1-13(2)22(3)19(23)20(12-21)11-18(20)16-6-5-15-10-17(24-4)8-7-14(15)9-16/h5-11,13H,1-4H3/t20-/m0/s1. The lowest BCUT2D eigenvalue weighted by molar-refractivity contribution is -0.133. The molecule has 1 aliphatic carbocycles. The second-order valence-electron chi connectivity index (χ2n) is 6.42. The maximum absolute atomic E-state index is 12.7. The number of hydrogen-bond acceptors (Lipinski definition) is 3. The second kappa shape index (κ2) is 5.68. The molecule has 1 amide bonds. The van der Waals surface area contributed by atoms with Crippen molar-refractivity contribution in [3.8, 4) is 11.8 Å². The van der Waals surface area contributed by atoms with Crippen LogP contribution in [0.25, 0.3) is 16.3 Å². The summed E-state index contributed by atoms with van der Waals surface area (Å²) in [6.45, 7) is 3.88. The Morgan fingerprint density at radius 2 is 1.88 bits per heavy atom. The number of fused-ring (bicyclic) bond motifs is 1. The van der Waals surface area contributed by atoms with Gasteiger partial charge in [-0.1, -0.05) is 18.2 Å². The highest BCUT2D eigenvalue weighted by atomic mass is 16.5. The van der Waals surface area contributed by atoms with Gasteiger partial charge in [-0.3, -0.25) is 4.79 Å². The number of amides is 1. The third-order valence-corrected chi connectivity index (χ3v) is 4.67. The molecule has 2 aromatic rings. The van der Waals surface area contributed by atoms with Gasteiger partial charge >= 0.3 is 0 Å². The van der Waals surface area contributed by atoms with Gasteiger partial charge in [0.05, 0.1) is 13.2 Å². The summed E-state index contributed by atoms with van der Waals surface area (Å²) in [6, 6.07) is 14.1. The normalized spacial score (nSPS) is 18.9. The van der Waals surface area contributed by atoms with Crippen LogP contribution in [0.4, 0.5) is 0 Å². The molecule has 0 saturated heterocycles. The topological polar surface area (TPSA) is 53.3 Å². The van der Waals surface area contributed by atoms with Crippen LogP contribution in [-0.2, 0) is 4.79 Å². The highest BCUT2D eigenvalue weighted by Gasteiger charge is 2.53. The first kappa shape index (κ1) is 16.1. The van der Waals surface area contributed by atoms with E-state index in [1.807, 2.05) is 50.2 Å². The van der Waals surface area contributed by atoms with Crippen molar-refractivity contribution < 1.29 is 9.53 Å². The molecule has 4 nitrogen and oxygen atoms in total. The number of methoxy groups -OCH3 is 1. The molecule has 0 saturated carbocycles. The largest absolute Gasteiger partial charge is 0.497 e. The van der Waals surface area contributed by atoms with E-state index in [0.29, 0.717) is 0 Å². The van der Waals surface area contributed by atoms with Gasteiger partial charge in [-0.2, -0.15) is 5.26 Å². The van der Waals surface area contributed by atoms with E-state index in [1.54, 1.807) is 25.1 Å². The van der Waals surface area contributed by atoms with Crippen LogP contribution in [0.1, 0.15) is 19.4 Å². The monoisotopic (exact) mass is 320 g/mol. The summed E-state index contributed by atoms with van der Waals surface area (Å²) >= 11 is 0. The second-order valence-corrected chi connectivity index (χ2v) is 6.42. The third kappa shape index (κ3) is 2.43. The van der Waals surface area contributed by atoms with E-state index in [9.17, 15) is 10.1 Å². The molecule has 2 aromatic carbocycles. The molecular weight excluding hydrogens is 300 g/mol. The quantitative estimate of drug-likeness (QED) is 0.864. The summed E-state index contributed by atoms with van der Waals surface area (Å²) in [7, 11) is 3.38. The first-order valence-electron chi connectivity index (χ1n) is 7.93. The van der Waals surface area contributed by atoms with Crippen LogP contribution >= 0.6 is 0 Å². The Labute approximate surface area is 141 Å². The highest BCUT2D eigenvalue weighted by molar-refractivity contribution is 6.11. The Morgan fingerprint density at radius 1 is 1.21 bits per heavy atom. The van der Waals surface area contributed by atoms with Crippen LogP contribution in [0.2, 0.25) is 0 Å². The summed E-state index contributed by atoms with van der Waals surface area (Å²) in [5.41, 5.74) is 0.596. The minimum Gasteiger partial charge on any atom is -0.497 e. The summed E-state index contributed by atoms with van der Waals surface area (Å²) in [5.74, 6) is 0.644. The number of benzene rings is 2. The Bertz CT molecular complexity index is 892. The van der Waals surface area contributed by atoms with Gasteiger partial charge in [0.1, 0.15) is 5.75 Å². The number of carbonyl (C=O) groups excluding carboxylic acids is 1. The summed E-state index contributed by atoms with van der Waals surface area (Å²) < 4.78 is 5.24. The summed E-state index contributed by atoms with van der Waals surface area (Å²) in [6.07, 6.45) is 1.76. The molecule has 0 bridgehead atoms. The molecule has 24 heavy (non-hydrogen) atoms. The number of carbonyl (C=O) groups is 1. The Balaban J connectivity index is 1.93. The van der Waals surface area contributed by atoms with Gasteiger partial charge in [-0.15, -0.1) is 0 Å². The fourth-order valence-electron chi connectivity index (χ4n) is 2.84. The molecule has 4 heteroatoms. The molecule has 1 atom stereocenters. The average Bonchev–Trinajstić information content (AvgIpc) is 3.35. The van der Waals surface area contributed by atoms with Crippen LogP contribution in [0.5, 0.6) is 5.75 Å². The van der Waals surface area contributed by atoms with E-state index >= 15 is 0 Å². The molecule has 0 aliphatic heterocycles. The molecular formula is C20H20N2O2. The summed E-state index contributed by atoms with van der Waals surface area (Å²) in [5, 5.41) is 11.7. The lowest BCUT2D eigenvalue weighted by atomic mass is 9.94. The number of nitrogens with zero attached hydrogens (tertiary/aromatic N) is 2. The number of nitriles is 1. The van der Waals surface area contributed by atoms with Gasteiger partial charge in [0.2, 0.25) is 0 Å². The van der Waals surface area contributed by atoms with Crippen molar-refractivity contribution in [2.24, 2.45) is 5.41 Å². The van der Waals surface area contributed by atoms with Crippen LogP contribution in [0.15, 0.2) is 42.5 Å². The van der Waals surface area contributed by atoms with E-state index in [-0.39, 0.29) is 11.9 Å². The van der Waals surface area contributed by atoms with Crippen LogP contribution in [0, 0.1) is 16.7 Å². The highest BCUT2D eigenvalue weighted by Crippen LogP contribution is 2.52. The molecule has 122 valence electrons. The van der Waals surface area contributed by atoms with Crippen LogP contribution in [-0.4, -0.2) is 31.0 Å². The Kier molecular flexibility index (Phi) is 3.81. The Morgan fingerprint density at radius 3 is 2.50 bits per heavy atom.